The summed E-state index contributed by atoms with van der Waals surface area (Å²) in [5.41, 5.74) is -5.53. The molecule has 0 spiro atoms. The zero-order valence-corrected chi connectivity index (χ0v) is 8.51. The van der Waals surface area contributed by atoms with Crippen LogP contribution in [0.1, 0.15) is 0 Å². The van der Waals surface area contributed by atoms with Crippen molar-refractivity contribution in [2.24, 2.45) is 0 Å². The van der Waals surface area contributed by atoms with Gasteiger partial charge >= 0.3 is 38.7 Å². The Morgan fingerprint density at radius 3 is 1.18 bits per heavy atom. The van der Waals surface area contributed by atoms with Crippen molar-refractivity contribution < 1.29 is 51.0 Å². The first-order valence-electron chi connectivity index (χ1n) is 1.29. The molecule has 0 bridgehead atoms. The fourth-order valence-electron chi connectivity index (χ4n) is 0. The van der Waals surface area contributed by atoms with Crippen LogP contribution in [0.5, 0.6) is 0 Å². The summed E-state index contributed by atoms with van der Waals surface area (Å²) in [5, 5.41) is 0. The normalized spacial score (nSPS) is 10.2. The molecule has 1 N–H and O–H groups in total. The van der Waals surface area contributed by atoms with E-state index in [9.17, 15) is 13.2 Å². The van der Waals surface area contributed by atoms with E-state index in [1.807, 2.05) is 0 Å². The maximum atomic E-state index is 10.7. The van der Waals surface area contributed by atoms with Crippen LogP contribution in [-0.4, -0.2) is 41.5 Å². The Hall–Kier alpha value is 1.05. The molecular weight excluding hydrogens is 244 g/mol. The Bertz CT molecular complexity index is 176. The first-order valence-corrected chi connectivity index (χ1v) is 2.73. The van der Waals surface area contributed by atoms with Crippen molar-refractivity contribution in [3.8, 4) is 0 Å². The van der Waals surface area contributed by atoms with Crippen molar-refractivity contribution in [1.82, 2.24) is 0 Å². The summed E-state index contributed by atoms with van der Waals surface area (Å²) in [6, 6.07) is 0. The van der Waals surface area contributed by atoms with Crippen LogP contribution in [0.15, 0.2) is 0 Å². The van der Waals surface area contributed by atoms with Crippen LogP contribution in [-0.2, 0) is 10.1 Å². The van der Waals surface area contributed by atoms with Crippen LogP contribution in [0.25, 0.3) is 0 Å². The molecule has 0 aromatic carbocycles. The third-order valence-corrected chi connectivity index (χ3v) is 0.877. The van der Waals surface area contributed by atoms with Gasteiger partial charge in [-0.1, -0.05) is 0 Å². The van der Waals surface area contributed by atoms with Gasteiger partial charge in [0.05, 0.1) is 0 Å². The van der Waals surface area contributed by atoms with E-state index in [-0.39, 0.29) is 47.9 Å². The van der Waals surface area contributed by atoms with E-state index in [4.69, 9.17) is 13.0 Å². The molecule has 0 saturated carbocycles. The quantitative estimate of drug-likeness (QED) is 0.263. The fraction of sp³-hybridized carbons (Fsp3) is 1.00. The van der Waals surface area contributed by atoms with Crippen LogP contribution < -0.4 is 24.8 Å². The van der Waals surface area contributed by atoms with Gasteiger partial charge in [-0.05, 0) is 0 Å². The van der Waals surface area contributed by atoms with Gasteiger partial charge in [0, 0.05) is 0 Å². The fourth-order valence-corrected chi connectivity index (χ4v) is 0. The number of rotatable bonds is 0. The van der Waals surface area contributed by atoms with E-state index < -0.39 is 15.6 Å². The molecule has 0 atom stereocenters. The Kier molecular flexibility index (Phi) is 13.5. The topological polar surface area (TPSA) is 54.4 Å². The molecule has 0 fully saturated rings. The molecule has 66 valence electrons. The second-order valence-electron chi connectivity index (χ2n) is 0.921. The number of alkyl halides is 3. The molecule has 0 aliphatic rings. The SMILES string of the molecule is O=S(=O)(O)C(F)(F)F.[Cl-].[Cl-].[Mg+2]. The maximum Gasteiger partial charge on any atom is 2.00 e. The van der Waals surface area contributed by atoms with Gasteiger partial charge in [-0.3, -0.25) is 4.55 Å². The maximum absolute atomic E-state index is 10.7. The zero-order valence-electron chi connectivity index (χ0n) is 4.77. The Balaban J connectivity index is -0.0000000817. The van der Waals surface area contributed by atoms with Crippen molar-refractivity contribution in [2.45, 2.75) is 5.51 Å². The summed E-state index contributed by atoms with van der Waals surface area (Å²) in [4.78, 5) is 0. The Morgan fingerprint density at radius 1 is 1.09 bits per heavy atom. The summed E-state index contributed by atoms with van der Waals surface area (Å²) in [5.74, 6) is 0. The van der Waals surface area contributed by atoms with Crippen LogP contribution in [0, 0.1) is 0 Å². The van der Waals surface area contributed by atoms with Crippen LogP contribution >= 0.6 is 0 Å². The molecule has 0 aromatic rings. The van der Waals surface area contributed by atoms with Crippen LogP contribution in [0.2, 0.25) is 0 Å². The standard InChI is InChI=1S/CHF3O3S.2ClH.Mg/c2-1(3,4)8(5,6)7;;;/h(H,5,6,7);2*1H;/q;;;+2/p-2. The zero-order chi connectivity index (χ0) is 7.00. The first-order chi connectivity index (χ1) is 3.25. The van der Waals surface area contributed by atoms with Crippen molar-refractivity contribution in [1.29, 1.82) is 0 Å². The van der Waals surface area contributed by atoms with Crippen molar-refractivity contribution >= 4 is 33.2 Å². The minimum atomic E-state index is -5.84. The molecule has 0 amide bonds. The molecular formula is CHCl2F3MgO3S. The molecule has 0 radical (unpaired) electrons. The molecule has 10 heteroatoms. The number of halogens is 5. The Morgan fingerprint density at radius 2 is 1.18 bits per heavy atom. The molecule has 0 saturated heterocycles. The number of hydrogen-bond donors (Lipinski definition) is 1. The molecule has 0 heterocycles. The van der Waals surface area contributed by atoms with Crippen LogP contribution in [0.3, 0.4) is 0 Å². The minimum absolute atomic E-state index is 0. The van der Waals surface area contributed by atoms with Gasteiger partial charge in [-0.2, -0.15) is 21.6 Å². The van der Waals surface area contributed by atoms with Gasteiger partial charge in [0.15, 0.2) is 0 Å². The van der Waals surface area contributed by atoms with Gasteiger partial charge in [0.2, 0.25) is 0 Å². The molecule has 3 nitrogen and oxygen atoms in total. The third kappa shape index (κ3) is 8.96. The van der Waals surface area contributed by atoms with E-state index in [0.717, 1.165) is 0 Å². The van der Waals surface area contributed by atoms with Crippen molar-refractivity contribution in [3.05, 3.63) is 0 Å². The van der Waals surface area contributed by atoms with E-state index in [0.29, 0.717) is 0 Å². The predicted octanol–water partition coefficient (Wildman–Crippen LogP) is -5.98. The van der Waals surface area contributed by atoms with E-state index >= 15 is 0 Å². The molecule has 0 unspecified atom stereocenters. The second kappa shape index (κ2) is 6.55. The smallest absolute Gasteiger partial charge is 1.00 e. The van der Waals surface area contributed by atoms with E-state index in [1.54, 1.807) is 0 Å². The van der Waals surface area contributed by atoms with E-state index in [2.05, 4.69) is 0 Å². The molecule has 0 aromatic heterocycles. The summed E-state index contributed by atoms with van der Waals surface area (Å²) >= 11 is 0. The van der Waals surface area contributed by atoms with Gasteiger partial charge in [0.25, 0.3) is 0 Å². The molecule has 11 heavy (non-hydrogen) atoms. The first kappa shape index (κ1) is 22.7. The van der Waals surface area contributed by atoms with Gasteiger partial charge in [-0.25, -0.2) is 0 Å². The third-order valence-electron chi connectivity index (χ3n) is 0.292. The largest absolute Gasteiger partial charge is 2.00 e. The van der Waals surface area contributed by atoms with Crippen LogP contribution in [0.4, 0.5) is 13.2 Å². The van der Waals surface area contributed by atoms with Crippen molar-refractivity contribution in [3.63, 3.8) is 0 Å². The molecule has 0 rings (SSSR count). The average Bonchev–Trinajstić information content (AvgIpc) is 1.25. The summed E-state index contributed by atoms with van der Waals surface area (Å²) in [6.07, 6.45) is 0. The van der Waals surface area contributed by atoms with E-state index in [1.165, 1.54) is 0 Å². The summed E-state index contributed by atoms with van der Waals surface area (Å²) < 4.78 is 57.5. The predicted molar refractivity (Wildman–Crippen MR) is 23.4 cm³/mol. The second-order valence-corrected chi connectivity index (χ2v) is 2.33. The van der Waals surface area contributed by atoms with Crippen molar-refractivity contribution in [2.75, 3.05) is 0 Å². The molecule has 0 aliphatic heterocycles. The van der Waals surface area contributed by atoms with Gasteiger partial charge in [-0.15, -0.1) is 0 Å². The Labute approximate surface area is 89.4 Å². The average molecular weight is 245 g/mol. The summed E-state index contributed by atoms with van der Waals surface area (Å²) in [7, 11) is -5.84. The minimum Gasteiger partial charge on any atom is -1.00 e. The van der Waals surface area contributed by atoms with Gasteiger partial charge in [0.1, 0.15) is 0 Å². The van der Waals surface area contributed by atoms with Gasteiger partial charge < -0.3 is 24.8 Å². The monoisotopic (exact) mass is 244 g/mol. The summed E-state index contributed by atoms with van der Waals surface area (Å²) in [6.45, 7) is 0. The molecule has 0 aliphatic carbocycles. The number of hydrogen-bond acceptors (Lipinski definition) is 2.